The average molecular weight is 288 g/mol. The van der Waals surface area contributed by atoms with E-state index in [0.29, 0.717) is 6.42 Å². The first-order valence-electron chi connectivity index (χ1n) is 6.17. The monoisotopic (exact) mass is 288 g/mol. The number of ketones is 1. The maximum absolute atomic E-state index is 11.4. The van der Waals surface area contributed by atoms with E-state index in [-0.39, 0.29) is 10.4 Å². The smallest absolute Gasteiger partial charge is 0.131 e. The van der Waals surface area contributed by atoms with Crippen LogP contribution in [0.4, 0.5) is 0 Å². The SMILES string of the molecule is CC(=O)CC(Sc1ccccc1)Sc1ccccc1. The molecule has 0 aromatic heterocycles. The Morgan fingerprint density at radius 2 is 1.32 bits per heavy atom. The second kappa shape index (κ2) is 7.41. The van der Waals surface area contributed by atoms with Crippen LogP contribution in [0.25, 0.3) is 0 Å². The fourth-order valence-corrected chi connectivity index (χ4v) is 4.37. The molecule has 19 heavy (non-hydrogen) atoms. The molecule has 0 N–H and O–H groups in total. The van der Waals surface area contributed by atoms with Crippen LogP contribution in [0.15, 0.2) is 70.5 Å². The summed E-state index contributed by atoms with van der Waals surface area (Å²) in [7, 11) is 0. The molecule has 2 rings (SSSR count). The van der Waals surface area contributed by atoms with Crippen LogP contribution in [-0.2, 0) is 4.79 Å². The predicted molar refractivity (Wildman–Crippen MR) is 83.7 cm³/mol. The van der Waals surface area contributed by atoms with E-state index >= 15 is 0 Å². The van der Waals surface area contributed by atoms with E-state index in [1.807, 2.05) is 36.4 Å². The molecule has 0 atom stereocenters. The number of carbonyl (C=O) groups excluding carboxylic acids is 1. The summed E-state index contributed by atoms with van der Waals surface area (Å²) in [5.74, 6) is 0.233. The van der Waals surface area contributed by atoms with Crippen molar-refractivity contribution >= 4 is 29.3 Å². The maximum Gasteiger partial charge on any atom is 0.131 e. The third-order valence-corrected chi connectivity index (χ3v) is 5.00. The van der Waals surface area contributed by atoms with Gasteiger partial charge in [0.25, 0.3) is 0 Å². The number of Topliss-reactive ketones (excluding diaryl/α,β-unsaturated/α-hetero) is 1. The van der Waals surface area contributed by atoms with Crippen molar-refractivity contribution in [1.82, 2.24) is 0 Å². The lowest BCUT2D eigenvalue weighted by Crippen LogP contribution is -2.03. The summed E-state index contributed by atoms with van der Waals surface area (Å²) in [5, 5.41) is 0. The van der Waals surface area contributed by atoms with Crippen LogP contribution in [0.3, 0.4) is 0 Å². The molecule has 0 aliphatic carbocycles. The van der Waals surface area contributed by atoms with E-state index in [1.165, 1.54) is 9.79 Å². The molecule has 0 saturated carbocycles. The minimum absolute atomic E-state index is 0.224. The fraction of sp³-hybridized carbons (Fsp3) is 0.188. The number of hydrogen-bond donors (Lipinski definition) is 0. The fourth-order valence-electron chi connectivity index (χ4n) is 1.64. The van der Waals surface area contributed by atoms with E-state index < -0.39 is 0 Å². The van der Waals surface area contributed by atoms with Gasteiger partial charge in [0, 0.05) is 16.2 Å². The normalized spacial score (nSPS) is 10.6. The van der Waals surface area contributed by atoms with Gasteiger partial charge in [0.15, 0.2) is 0 Å². The third-order valence-electron chi connectivity index (χ3n) is 2.48. The highest BCUT2D eigenvalue weighted by Crippen LogP contribution is 2.37. The van der Waals surface area contributed by atoms with E-state index in [2.05, 4.69) is 24.3 Å². The highest BCUT2D eigenvalue weighted by molar-refractivity contribution is 8.17. The zero-order valence-corrected chi connectivity index (χ0v) is 12.4. The summed E-state index contributed by atoms with van der Waals surface area (Å²) in [6.45, 7) is 1.66. The molecule has 2 aromatic rings. The molecule has 0 fully saturated rings. The molecule has 0 spiro atoms. The maximum atomic E-state index is 11.4. The molecule has 0 bridgehead atoms. The van der Waals surface area contributed by atoms with Gasteiger partial charge in [0.05, 0.1) is 4.58 Å². The standard InChI is InChI=1S/C16H16OS2/c1-13(17)12-16(18-14-8-4-2-5-9-14)19-15-10-6-3-7-11-15/h2-11,16H,12H2,1H3. The molecule has 0 heterocycles. The molecule has 0 saturated heterocycles. The minimum atomic E-state index is 0.224. The van der Waals surface area contributed by atoms with Gasteiger partial charge < -0.3 is 0 Å². The van der Waals surface area contributed by atoms with Crippen molar-refractivity contribution in [2.75, 3.05) is 0 Å². The molecule has 0 radical (unpaired) electrons. The summed E-state index contributed by atoms with van der Waals surface area (Å²) in [6.07, 6.45) is 0.582. The Kier molecular flexibility index (Phi) is 5.55. The van der Waals surface area contributed by atoms with Crippen LogP contribution >= 0.6 is 23.5 Å². The first-order valence-corrected chi connectivity index (χ1v) is 7.93. The van der Waals surface area contributed by atoms with Crippen LogP contribution in [0.2, 0.25) is 0 Å². The van der Waals surface area contributed by atoms with Gasteiger partial charge in [-0.05, 0) is 31.2 Å². The van der Waals surface area contributed by atoms with E-state index in [9.17, 15) is 4.79 Å². The topological polar surface area (TPSA) is 17.1 Å². The lowest BCUT2D eigenvalue weighted by Gasteiger charge is -2.14. The number of hydrogen-bond acceptors (Lipinski definition) is 3. The molecule has 0 amide bonds. The van der Waals surface area contributed by atoms with Gasteiger partial charge in [-0.25, -0.2) is 0 Å². The number of carbonyl (C=O) groups is 1. The highest BCUT2D eigenvalue weighted by Gasteiger charge is 2.14. The second-order valence-electron chi connectivity index (χ2n) is 4.20. The van der Waals surface area contributed by atoms with Gasteiger partial charge in [0.2, 0.25) is 0 Å². The molecular weight excluding hydrogens is 272 g/mol. The van der Waals surface area contributed by atoms with E-state index in [0.717, 1.165) is 0 Å². The van der Waals surface area contributed by atoms with Gasteiger partial charge in [-0.3, -0.25) is 4.79 Å². The first-order chi connectivity index (χ1) is 9.24. The average Bonchev–Trinajstić information content (AvgIpc) is 2.40. The van der Waals surface area contributed by atoms with Crippen LogP contribution in [0.5, 0.6) is 0 Å². The molecule has 1 nitrogen and oxygen atoms in total. The van der Waals surface area contributed by atoms with Crippen molar-refractivity contribution < 1.29 is 4.79 Å². The Hall–Kier alpha value is -1.19. The summed E-state index contributed by atoms with van der Waals surface area (Å²) < 4.78 is 0.224. The van der Waals surface area contributed by atoms with Gasteiger partial charge in [-0.2, -0.15) is 0 Å². The summed E-state index contributed by atoms with van der Waals surface area (Å²) >= 11 is 3.51. The Morgan fingerprint density at radius 1 is 0.895 bits per heavy atom. The summed E-state index contributed by atoms with van der Waals surface area (Å²) in [6, 6.07) is 20.5. The quantitative estimate of drug-likeness (QED) is 0.557. The lowest BCUT2D eigenvalue weighted by atomic mass is 10.3. The molecule has 0 aliphatic rings. The molecule has 98 valence electrons. The van der Waals surface area contributed by atoms with Gasteiger partial charge in [0.1, 0.15) is 5.78 Å². The van der Waals surface area contributed by atoms with E-state index in [4.69, 9.17) is 0 Å². The van der Waals surface area contributed by atoms with E-state index in [1.54, 1.807) is 30.4 Å². The molecule has 0 unspecified atom stereocenters. The van der Waals surface area contributed by atoms with Crippen molar-refractivity contribution in [2.45, 2.75) is 27.7 Å². The van der Waals surface area contributed by atoms with Crippen LogP contribution in [0.1, 0.15) is 13.3 Å². The van der Waals surface area contributed by atoms with Crippen molar-refractivity contribution in [3.8, 4) is 0 Å². The zero-order chi connectivity index (χ0) is 13.5. The number of thioether (sulfide) groups is 2. The first kappa shape index (κ1) is 14.2. The van der Waals surface area contributed by atoms with Crippen molar-refractivity contribution in [2.24, 2.45) is 0 Å². The zero-order valence-electron chi connectivity index (χ0n) is 10.8. The highest BCUT2D eigenvalue weighted by atomic mass is 32.2. The minimum Gasteiger partial charge on any atom is -0.300 e. The molecule has 2 aromatic carbocycles. The number of rotatable bonds is 6. The Morgan fingerprint density at radius 3 is 1.68 bits per heavy atom. The van der Waals surface area contributed by atoms with Gasteiger partial charge >= 0.3 is 0 Å². The third kappa shape index (κ3) is 5.13. The van der Waals surface area contributed by atoms with Crippen LogP contribution in [-0.4, -0.2) is 10.4 Å². The number of benzene rings is 2. The molecule has 3 heteroatoms. The lowest BCUT2D eigenvalue weighted by molar-refractivity contribution is -0.116. The Balaban J connectivity index is 2.06. The Bertz CT molecular complexity index is 469. The van der Waals surface area contributed by atoms with Gasteiger partial charge in [-0.1, -0.05) is 36.4 Å². The second-order valence-corrected chi connectivity index (χ2v) is 7.05. The Labute approximate surface area is 122 Å². The largest absolute Gasteiger partial charge is 0.300 e. The van der Waals surface area contributed by atoms with Gasteiger partial charge in [-0.15, -0.1) is 23.5 Å². The molecule has 0 aliphatic heterocycles. The van der Waals surface area contributed by atoms with Crippen molar-refractivity contribution in [3.05, 3.63) is 60.7 Å². The summed E-state index contributed by atoms with van der Waals surface area (Å²) in [5.41, 5.74) is 0. The predicted octanol–water partition coefficient (Wildman–Crippen LogP) is 4.88. The van der Waals surface area contributed by atoms with Crippen molar-refractivity contribution in [3.63, 3.8) is 0 Å². The van der Waals surface area contributed by atoms with Crippen LogP contribution in [0, 0.1) is 0 Å². The van der Waals surface area contributed by atoms with Crippen molar-refractivity contribution in [1.29, 1.82) is 0 Å². The van der Waals surface area contributed by atoms with Crippen LogP contribution < -0.4 is 0 Å². The summed E-state index contributed by atoms with van der Waals surface area (Å²) in [4.78, 5) is 13.8. The molecular formula is C16H16OS2.